The summed E-state index contributed by atoms with van der Waals surface area (Å²) in [5.41, 5.74) is 3.44. The molecule has 11 heteroatoms. The molecule has 1 unspecified atom stereocenters. The first-order valence-electron chi connectivity index (χ1n) is 16.7. The third-order valence-corrected chi connectivity index (χ3v) is 11.9. The Morgan fingerprint density at radius 3 is 2.39 bits per heavy atom. The largest absolute Gasteiger partial charge is 0.468 e. The second-order valence-electron chi connectivity index (χ2n) is 14.7. The van der Waals surface area contributed by atoms with Crippen molar-refractivity contribution < 1.29 is 23.3 Å². The van der Waals surface area contributed by atoms with Gasteiger partial charge in [-0.3, -0.25) is 0 Å². The van der Waals surface area contributed by atoms with E-state index in [1.807, 2.05) is 41.1 Å². The van der Waals surface area contributed by atoms with Crippen LogP contribution in [0.2, 0.25) is 51.4 Å². The fraction of sp³-hybridized carbons (Fsp3) is 0.543. The van der Waals surface area contributed by atoms with Crippen LogP contribution >= 0.6 is 0 Å². The number of hydrogen-bond donors (Lipinski definition) is 0. The minimum atomic E-state index is -1.21. The van der Waals surface area contributed by atoms with E-state index in [0.29, 0.717) is 54.5 Å². The predicted octanol–water partition coefficient (Wildman–Crippen LogP) is 8.97. The highest BCUT2D eigenvalue weighted by Gasteiger charge is 2.27. The van der Waals surface area contributed by atoms with Crippen molar-refractivity contribution in [3.05, 3.63) is 54.1 Å². The smallest absolute Gasteiger partial charge is 0.189 e. The first-order valence-corrected chi connectivity index (χ1v) is 24.1. The van der Waals surface area contributed by atoms with E-state index in [9.17, 15) is 0 Å². The number of hydrogen-bond acceptors (Lipinski definition) is 6. The van der Waals surface area contributed by atoms with E-state index in [1.54, 1.807) is 10.9 Å². The lowest BCUT2D eigenvalue weighted by Gasteiger charge is -2.23. The molecule has 1 aliphatic heterocycles. The topological polar surface area (TPSA) is 72.6 Å². The van der Waals surface area contributed by atoms with Gasteiger partial charge in [0.1, 0.15) is 23.7 Å². The number of nitrogens with zero attached hydrogens (tertiary/aromatic N) is 4. The van der Waals surface area contributed by atoms with Gasteiger partial charge in [0.15, 0.2) is 24.7 Å². The number of fused-ring (bicyclic) bond motifs is 1. The van der Waals surface area contributed by atoms with Gasteiger partial charge in [0.2, 0.25) is 0 Å². The maximum Gasteiger partial charge on any atom is 0.189 e. The molecular formula is C35H51FN4O4Si2. The zero-order valence-corrected chi connectivity index (χ0v) is 30.7. The molecule has 2 aromatic carbocycles. The molecule has 0 spiro atoms. The molecule has 250 valence electrons. The average Bonchev–Trinajstić information content (AvgIpc) is 3.64. The van der Waals surface area contributed by atoms with Crippen molar-refractivity contribution in [1.29, 1.82) is 0 Å². The summed E-state index contributed by atoms with van der Waals surface area (Å²) in [5.74, 6) is 1.06. The van der Waals surface area contributed by atoms with Crippen LogP contribution in [0.4, 0.5) is 4.39 Å². The molecule has 1 aliphatic rings. The van der Waals surface area contributed by atoms with Crippen molar-refractivity contribution in [2.24, 2.45) is 0 Å². The fourth-order valence-corrected chi connectivity index (χ4v) is 7.14. The number of ether oxygens (including phenoxy) is 4. The molecular weight excluding hydrogens is 616 g/mol. The molecule has 46 heavy (non-hydrogen) atoms. The highest BCUT2D eigenvalue weighted by Crippen LogP contribution is 2.39. The summed E-state index contributed by atoms with van der Waals surface area (Å²) in [6.07, 6.45) is 6.81. The molecule has 8 nitrogen and oxygen atoms in total. The van der Waals surface area contributed by atoms with Crippen LogP contribution in [0.5, 0.6) is 5.75 Å². The molecule has 4 aromatic rings. The molecule has 0 aliphatic carbocycles. The highest BCUT2D eigenvalue weighted by molar-refractivity contribution is 6.76. The number of halogens is 1. The molecule has 1 saturated heterocycles. The second kappa shape index (κ2) is 14.9. The van der Waals surface area contributed by atoms with Crippen LogP contribution < -0.4 is 4.74 Å². The van der Waals surface area contributed by atoms with Crippen molar-refractivity contribution >= 4 is 27.1 Å². The summed E-state index contributed by atoms with van der Waals surface area (Å²) in [7, 11) is -2.36. The van der Waals surface area contributed by atoms with Gasteiger partial charge in [-0.1, -0.05) is 58.3 Å². The van der Waals surface area contributed by atoms with Gasteiger partial charge in [-0.2, -0.15) is 5.10 Å². The Balaban J connectivity index is 1.46. The Labute approximate surface area is 275 Å². The summed E-state index contributed by atoms with van der Waals surface area (Å²) in [5, 5.41) is 5.69. The van der Waals surface area contributed by atoms with E-state index >= 15 is 4.39 Å². The molecule has 5 rings (SSSR count). The zero-order valence-electron chi connectivity index (χ0n) is 28.7. The van der Waals surface area contributed by atoms with Gasteiger partial charge in [-0.25, -0.2) is 14.1 Å². The van der Waals surface area contributed by atoms with E-state index in [4.69, 9.17) is 24.0 Å². The first-order chi connectivity index (χ1) is 21.9. The Kier molecular flexibility index (Phi) is 11.2. The van der Waals surface area contributed by atoms with Gasteiger partial charge in [0, 0.05) is 59.3 Å². The van der Waals surface area contributed by atoms with Gasteiger partial charge in [0.05, 0.1) is 0 Å². The number of imidazole rings is 1. The van der Waals surface area contributed by atoms with Crippen LogP contribution in [0.25, 0.3) is 33.5 Å². The third-order valence-electron chi connectivity index (χ3n) is 8.44. The fourth-order valence-electron chi connectivity index (χ4n) is 5.62. The van der Waals surface area contributed by atoms with Gasteiger partial charge in [0.25, 0.3) is 0 Å². The number of aryl methyl sites for hydroxylation is 1. The van der Waals surface area contributed by atoms with Gasteiger partial charge >= 0.3 is 0 Å². The first kappa shape index (κ1) is 34.5. The molecule has 0 radical (unpaired) electrons. The van der Waals surface area contributed by atoms with Crippen LogP contribution in [-0.4, -0.2) is 62.1 Å². The molecule has 0 bridgehead atoms. The van der Waals surface area contributed by atoms with Crippen LogP contribution in [0, 0.1) is 5.82 Å². The maximum absolute atomic E-state index is 16.9. The summed E-state index contributed by atoms with van der Waals surface area (Å²) < 4.78 is 44.4. The molecule has 0 saturated carbocycles. The van der Waals surface area contributed by atoms with E-state index < -0.39 is 16.1 Å². The SMILES string of the molecule is CCc1cc(OCOCC[Si](C)(C)C)ccc1-c1ccc2c(-c3nccn3COCC[Si](C)(C)C)nn(C3CCCCO3)c2c1F. The number of aromatic nitrogens is 4. The lowest BCUT2D eigenvalue weighted by atomic mass is 9.96. The summed E-state index contributed by atoms with van der Waals surface area (Å²) in [6, 6.07) is 11.8. The monoisotopic (exact) mass is 666 g/mol. The Hall–Kier alpha value is -2.84. The Bertz CT molecular complexity index is 1600. The van der Waals surface area contributed by atoms with Crippen LogP contribution in [0.15, 0.2) is 42.7 Å². The normalized spacial score (nSPS) is 16.0. The molecule has 3 heterocycles. The molecule has 0 amide bonds. The second-order valence-corrected chi connectivity index (χ2v) is 25.9. The Morgan fingerprint density at radius 2 is 1.70 bits per heavy atom. The van der Waals surface area contributed by atoms with Gasteiger partial charge < -0.3 is 23.5 Å². The lowest BCUT2D eigenvalue weighted by molar-refractivity contribution is -0.0368. The van der Waals surface area contributed by atoms with Crippen molar-refractivity contribution in [3.8, 4) is 28.4 Å². The maximum atomic E-state index is 16.9. The van der Waals surface area contributed by atoms with Gasteiger partial charge in [-0.05, 0) is 67.1 Å². The quantitative estimate of drug-likeness (QED) is 0.0717. The van der Waals surface area contributed by atoms with Crippen LogP contribution in [-0.2, 0) is 27.4 Å². The van der Waals surface area contributed by atoms with Crippen molar-refractivity contribution in [2.45, 2.75) is 96.9 Å². The number of rotatable bonds is 15. The molecule has 0 N–H and O–H groups in total. The van der Waals surface area contributed by atoms with Crippen molar-refractivity contribution in [1.82, 2.24) is 19.3 Å². The number of benzene rings is 2. The van der Waals surface area contributed by atoms with Crippen LogP contribution in [0.3, 0.4) is 0 Å². The molecule has 1 atom stereocenters. The highest BCUT2D eigenvalue weighted by atomic mass is 28.3. The molecule has 1 fully saturated rings. The van der Waals surface area contributed by atoms with E-state index in [1.165, 1.54) is 0 Å². The minimum absolute atomic E-state index is 0.204. The average molecular weight is 667 g/mol. The minimum Gasteiger partial charge on any atom is -0.468 e. The predicted molar refractivity (Wildman–Crippen MR) is 188 cm³/mol. The summed E-state index contributed by atoms with van der Waals surface area (Å²) >= 11 is 0. The van der Waals surface area contributed by atoms with E-state index in [2.05, 4.69) is 51.2 Å². The van der Waals surface area contributed by atoms with Crippen LogP contribution in [0.1, 0.15) is 38.0 Å². The third kappa shape index (κ3) is 8.54. The summed E-state index contributed by atoms with van der Waals surface area (Å²) in [6.45, 7) is 18.7. The zero-order chi connectivity index (χ0) is 32.9. The van der Waals surface area contributed by atoms with Gasteiger partial charge in [-0.15, -0.1) is 0 Å². The lowest BCUT2D eigenvalue weighted by Crippen LogP contribution is -2.22. The van der Waals surface area contributed by atoms with E-state index in [0.717, 1.165) is 54.6 Å². The standard InChI is InChI=1S/C35H51FN4O4Si2/c1-8-26-23-27(44-25-42-20-22-46(5,6)7)12-13-28(26)29-14-15-30-33(35-37-16-17-39(35)24-41-19-21-45(2,3)4)38-40(34(30)32(29)36)31-11-9-10-18-43-31/h12-17,23,31H,8-11,18-22,24-25H2,1-7H3. The Morgan fingerprint density at radius 1 is 0.957 bits per heavy atom. The molecule has 2 aromatic heterocycles. The summed E-state index contributed by atoms with van der Waals surface area (Å²) in [4.78, 5) is 4.65. The van der Waals surface area contributed by atoms with E-state index in [-0.39, 0.29) is 18.8 Å². The van der Waals surface area contributed by atoms with Crippen molar-refractivity contribution in [3.63, 3.8) is 0 Å². The van der Waals surface area contributed by atoms with Crippen molar-refractivity contribution in [2.75, 3.05) is 26.6 Å².